The second kappa shape index (κ2) is 5.63. The number of aromatic nitrogens is 2. The van der Waals surface area contributed by atoms with Gasteiger partial charge in [-0.25, -0.2) is 9.78 Å². The van der Waals surface area contributed by atoms with E-state index >= 15 is 0 Å². The number of imidazole rings is 1. The van der Waals surface area contributed by atoms with Crippen molar-refractivity contribution >= 4 is 41.8 Å². The first-order chi connectivity index (χ1) is 7.04. The zero-order chi connectivity index (χ0) is 11.4. The van der Waals surface area contributed by atoms with Gasteiger partial charge in [0.25, 0.3) is 0 Å². The second-order valence-electron chi connectivity index (χ2n) is 2.84. The van der Waals surface area contributed by atoms with Crippen molar-refractivity contribution in [3.05, 3.63) is 16.1 Å². The number of nitrogens with zero attached hydrogens (tertiary/aromatic N) is 1. The first kappa shape index (κ1) is 12.7. The van der Waals surface area contributed by atoms with Crippen LogP contribution in [0.3, 0.4) is 0 Å². The van der Waals surface area contributed by atoms with Crippen LogP contribution in [-0.4, -0.2) is 21.4 Å². The van der Waals surface area contributed by atoms with Crippen molar-refractivity contribution in [1.82, 2.24) is 9.97 Å². The maximum absolute atomic E-state index is 11.4. The molecule has 4 nitrogen and oxygen atoms in total. The van der Waals surface area contributed by atoms with Crippen molar-refractivity contribution < 1.29 is 9.53 Å². The Morgan fingerprint density at radius 2 is 2.33 bits per heavy atom. The van der Waals surface area contributed by atoms with E-state index in [4.69, 9.17) is 27.9 Å². The summed E-state index contributed by atoms with van der Waals surface area (Å²) in [6.07, 6.45) is 1.55. The Kier molecular flexibility index (Phi) is 4.76. The normalized spacial score (nSPS) is 12.5. The topological polar surface area (TPSA) is 55.0 Å². The van der Waals surface area contributed by atoms with Gasteiger partial charge in [-0.15, -0.1) is 12.6 Å². The highest BCUT2D eigenvalue weighted by Crippen LogP contribution is 2.19. The van der Waals surface area contributed by atoms with Crippen LogP contribution in [0.1, 0.15) is 30.4 Å². The third-order valence-electron chi connectivity index (χ3n) is 1.59. The number of esters is 1. The molecule has 0 aliphatic carbocycles. The van der Waals surface area contributed by atoms with Gasteiger partial charge in [0.1, 0.15) is 10.6 Å². The van der Waals surface area contributed by atoms with Crippen LogP contribution >= 0.6 is 35.8 Å². The average molecular weight is 269 g/mol. The van der Waals surface area contributed by atoms with E-state index in [-0.39, 0.29) is 16.1 Å². The second-order valence-corrected chi connectivity index (χ2v) is 4.15. The zero-order valence-corrected chi connectivity index (χ0v) is 10.4. The lowest BCUT2D eigenvalue weighted by Crippen LogP contribution is -2.14. The Bertz CT molecular complexity index is 337. The molecule has 0 amide bonds. The van der Waals surface area contributed by atoms with Crippen LogP contribution < -0.4 is 0 Å². The summed E-state index contributed by atoms with van der Waals surface area (Å²) in [4.78, 5) is 17.6. The molecule has 1 N–H and O–H groups in total. The van der Waals surface area contributed by atoms with Gasteiger partial charge < -0.3 is 9.72 Å². The minimum absolute atomic E-state index is 0.0137. The van der Waals surface area contributed by atoms with Crippen molar-refractivity contribution in [2.45, 2.75) is 25.2 Å². The lowest BCUT2D eigenvalue weighted by atomic mass is 10.3. The minimum atomic E-state index is -0.614. The highest BCUT2D eigenvalue weighted by molar-refractivity contribution is 7.80. The molecule has 0 aliphatic heterocycles. The average Bonchev–Trinajstić information content (AvgIpc) is 2.47. The van der Waals surface area contributed by atoms with E-state index in [0.29, 0.717) is 6.42 Å². The molecule has 0 saturated heterocycles. The molecule has 0 radical (unpaired) electrons. The van der Waals surface area contributed by atoms with E-state index in [0.717, 1.165) is 6.42 Å². The molecule has 0 saturated carbocycles. The van der Waals surface area contributed by atoms with Gasteiger partial charge in [-0.05, 0) is 6.42 Å². The fourth-order valence-corrected chi connectivity index (χ4v) is 1.53. The number of hydrogen-bond donors (Lipinski definition) is 2. The molecule has 1 aromatic rings. The highest BCUT2D eigenvalue weighted by atomic mass is 35.5. The third-order valence-corrected chi connectivity index (χ3v) is 2.60. The van der Waals surface area contributed by atoms with Crippen molar-refractivity contribution in [3.63, 3.8) is 0 Å². The number of carbonyl (C=O) groups is 1. The molecule has 0 bridgehead atoms. The lowest BCUT2D eigenvalue weighted by molar-refractivity contribution is 0.0437. The van der Waals surface area contributed by atoms with Gasteiger partial charge in [0, 0.05) is 0 Å². The standard InChI is InChI=1S/C8H10Cl2N2O2S/c1-2-3-4(15)14-8(13)7-11-5(9)6(10)12-7/h4,15H,2-3H2,1H3,(H,11,12). The highest BCUT2D eigenvalue weighted by Gasteiger charge is 2.17. The van der Waals surface area contributed by atoms with E-state index in [1.807, 2.05) is 6.92 Å². The molecule has 1 unspecified atom stereocenters. The fraction of sp³-hybridized carbons (Fsp3) is 0.500. The van der Waals surface area contributed by atoms with Crippen LogP contribution in [0.5, 0.6) is 0 Å². The first-order valence-corrected chi connectivity index (χ1v) is 5.62. The summed E-state index contributed by atoms with van der Waals surface area (Å²) in [6, 6.07) is 0. The Labute approximate surface area is 103 Å². The van der Waals surface area contributed by atoms with Crippen LogP contribution in [-0.2, 0) is 4.74 Å². The molecule has 0 fully saturated rings. The molecule has 0 aliphatic rings. The molecule has 1 atom stereocenters. The SMILES string of the molecule is CCCC(S)OC(=O)c1nc(Cl)c(Cl)[nH]1. The number of halogens is 2. The summed E-state index contributed by atoms with van der Waals surface area (Å²) >= 11 is 15.2. The number of ether oxygens (including phenoxy) is 1. The maximum Gasteiger partial charge on any atom is 0.375 e. The summed E-state index contributed by atoms with van der Waals surface area (Å²) < 4.78 is 4.96. The van der Waals surface area contributed by atoms with Crippen molar-refractivity contribution in [2.24, 2.45) is 0 Å². The van der Waals surface area contributed by atoms with Gasteiger partial charge in [-0.2, -0.15) is 0 Å². The summed E-state index contributed by atoms with van der Waals surface area (Å²) in [6.45, 7) is 1.97. The minimum Gasteiger partial charge on any atom is -0.446 e. The number of hydrogen-bond acceptors (Lipinski definition) is 4. The molecule has 1 rings (SSSR count). The van der Waals surface area contributed by atoms with Crippen molar-refractivity contribution in [1.29, 1.82) is 0 Å². The van der Waals surface area contributed by atoms with Gasteiger partial charge in [0.05, 0.1) is 0 Å². The number of rotatable bonds is 4. The molecular formula is C8H10Cl2N2O2S. The van der Waals surface area contributed by atoms with Crippen molar-refractivity contribution in [3.8, 4) is 0 Å². The number of nitrogens with one attached hydrogen (secondary N) is 1. The Morgan fingerprint density at radius 1 is 1.67 bits per heavy atom. The van der Waals surface area contributed by atoms with Gasteiger partial charge in [0.2, 0.25) is 5.82 Å². The van der Waals surface area contributed by atoms with E-state index < -0.39 is 11.4 Å². The Hall–Kier alpha value is -0.390. The predicted octanol–water partition coefficient (Wildman–Crippen LogP) is 2.93. The van der Waals surface area contributed by atoms with Gasteiger partial charge in [0.15, 0.2) is 5.15 Å². The molecule has 0 aromatic carbocycles. The van der Waals surface area contributed by atoms with E-state index in [1.165, 1.54) is 0 Å². The lowest BCUT2D eigenvalue weighted by Gasteiger charge is -2.09. The smallest absolute Gasteiger partial charge is 0.375 e. The third kappa shape index (κ3) is 3.59. The molecule has 84 valence electrons. The number of aromatic amines is 1. The van der Waals surface area contributed by atoms with Gasteiger partial charge in [-0.1, -0.05) is 36.5 Å². The molecule has 1 aromatic heterocycles. The first-order valence-electron chi connectivity index (χ1n) is 4.34. The van der Waals surface area contributed by atoms with Crippen LogP contribution in [0.2, 0.25) is 10.3 Å². The monoisotopic (exact) mass is 268 g/mol. The summed E-state index contributed by atoms with van der Waals surface area (Å²) in [5.41, 5.74) is -0.440. The molecule has 0 spiro atoms. The van der Waals surface area contributed by atoms with Crippen LogP contribution in [0.25, 0.3) is 0 Å². The molecule has 1 heterocycles. The zero-order valence-electron chi connectivity index (χ0n) is 7.96. The number of thiol groups is 1. The maximum atomic E-state index is 11.4. The summed E-state index contributed by atoms with van der Waals surface area (Å²) in [7, 11) is 0. The molecular weight excluding hydrogens is 259 g/mol. The van der Waals surface area contributed by atoms with Gasteiger partial charge in [-0.3, -0.25) is 0 Å². The molecule has 7 heteroatoms. The van der Waals surface area contributed by atoms with Crippen molar-refractivity contribution in [2.75, 3.05) is 0 Å². The Balaban J connectivity index is 2.61. The molecule has 15 heavy (non-hydrogen) atoms. The number of carbonyl (C=O) groups excluding carboxylic acids is 1. The van der Waals surface area contributed by atoms with E-state index in [9.17, 15) is 4.79 Å². The van der Waals surface area contributed by atoms with E-state index in [1.54, 1.807) is 0 Å². The quantitative estimate of drug-likeness (QED) is 0.502. The van der Waals surface area contributed by atoms with E-state index in [2.05, 4.69) is 22.6 Å². The fourth-order valence-electron chi connectivity index (χ4n) is 0.913. The predicted molar refractivity (Wildman–Crippen MR) is 61.7 cm³/mol. The summed E-state index contributed by atoms with van der Waals surface area (Å²) in [5.74, 6) is -0.627. The van der Waals surface area contributed by atoms with Crippen LogP contribution in [0.15, 0.2) is 0 Å². The number of H-pyrrole nitrogens is 1. The van der Waals surface area contributed by atoms with Crippen LogP contribution in [0.4, 0.5) is 0 Å². The summed E-state index contributed by atoms with van der Waals surface area (Å²) in [5, 5.41) is 0.171. The largest absolute Gasteiger partial charge is 0.446 e. The van der Waals surface area contributed by atoms with Crippen LogP contribution in [0, 0.1) is 0 Å². The Morgan fingerprint density at radius 3 is 2.80 bits per heavy atom. The van der Waals surface area contributed by atoms with Gasteiger partial charge >= 0.3 is 5.97 Å².